The lowest BCUT2D eigenvalue weighted by Crippen LogP contribution is -2.38. The van der Waals surface area contributed by atoms with Gasteiger partial charge in [0.1, 0.15) is 0 Å². The lowest BCUT2D eigenvalue weighted by Gasteiger charge is -2.41. The summed E-state index contributed by atoms with van der Waals surface area (Å²) in [6, 6.07) is 15.0. The van der Waals surface area contributed by atoms with Crippen LogP contribution < -0.4 is 5.32 Å². The highest BCUT2D eigenvalue weighted by Crippen LogP contribution is 2.43. The maximum absolute atomic E-state index is 12.5. The van der Waals surface area contributed by atoms with Crippen LogP contribution in [0.1, 0.15) is 49.9 Å². The first-order valence-electron chi connectivity index (χ1n) is 12.4. The Hall–Kier alpha value is -3.18. The largest absolute Gasteiger partial charge is 0.453 e. The highest BCUT2D eigenvalue weighted by atomic mass is 32.2. The van der Waals surface area contributed by atoms with Gasteiger partial charge in [0, 0.05) is 49.3 Å². The van der Waals surface area contributed by atoms with Gasteiger partial charge in [-0.3, -0.25) is 9.59 Å². The second kappa shape index (κ2) is 12.6. The van der Waals surface area contributed by atoms with Crippen LogP contribution in [0.4, 0.5) is 5.69 Å². The number of anilines is 1. The summed E-state index contributed by atoms with van der Waals surface area (Å²) in [4.78, 5) is 28.1. The monoisotopic (exact) mass is 539 g/mol. The van der Waals surface area contributed by atoms with Crippen molar-refractivity contribution < 1.29 is 28.9 Å². The maximum Gasteiger partial charge on any atom is 0.303 e. The van der Waals surface area contributed by atoms with Gasteiger partial charge in [0.05, 0.1) is 18.8 Å². The average molecular weight is 540 g/mol. The van der Waals surface area contributed by atoms with Gasteiger partial charge >= 0.3 is 5.97 Å². The number of thioether (sulfide) groups is 1. The van der Waals surface area contributed by atoms with Gasteiger partial charge in [0.2, 0.25) is 0 Å². The SMILES string of the molecule is CC(=O)O[C@@H](C)C(=O)Nc1cccc([C@@H]2O[C@H](CSc3nccn3C)[C@H](C)[C@H](c3ccc(CO)cc3)O2)c1. The van der Waals surface area contributed by atoms with E-state index in [1.54, 1.807) is 30.1 Å². The number of amides is 1. The third-order valence-electron chi connectivity index (χ3n) is 6.42. The number of aliphatic hydroxyl groups excluding tert-OH is 1. The first kappa shape index (κ1) is 27.8. The van der Waals surface area contributed by atoms with E-state index < -0.39 is 24.3 Å². The van der Waals surface area contributed by atoms with Gasteiger partial charge in [-0.2, -0.15) is 0 Å². The zero-order valence-electron chi connectivity index (χ0n) is 21.9. The van der Waals surface area contributed by atoms with Crippen molar-refractivity contribution in [3.05, 3.63) is 77.6 Å². The van der Waals surface area contributed by atoms with Gasteiger partial charge in [-0.1, -0.05) is 55.1 Å². The number of aryl methyl sites for hydroxylation is 1. The number of nitrogens with one attached hydrogen (secondary N) is 1. The molecule has 1 fully saturated rings. The molecule has 0 radical (unpaired) electrons. The van der Waals surface area contributed by atoms with Gasteiger partial charge in [-0.05, 0) is 30.2 Å². The molecule has 2 heterocycles. The number of nitrogens with zero attached hydrogens (tertiary/aromatic N) is 2. The van der Waals surface area contributed by atoms with Gasteiger partial charge in [0.25, 0.3) is 5.91 Å². The summed E-state index contributed by atoms with van der Waals surface area (Å²) in [5.74, 6) is -0.242. The Kier molecular flexibility index (Phi) is 9.22. The fourth-order valence-electron chi connectivity index (χ4n) is 4.27. The molecule has 4 rings (SSSR count). The summed E-state index contributed by atoms with van der Waals surface area (Å²) in [6.45, 7) is 4.87. The average Bonchev–Trinajstić information content (AvgIpc) is 3.32. The molecular formula is C28H33N3O6S. The Bertz CT molecular complexity index is 1250. The topological polar surface area (TPSA) is 112 Å². The normalized spacial score (nSPS) is 22.0. The minimum Gasteiger partial charge on any atom is -0.453 e. The van der Waals surface area contributed by atoms with E-state index >= 15 is 0 Å². The van der Waals surface area contributed by atoms with Crippen LogP contribution >= 0.6 is 11.8 Å². The van der Waals surface area contributed by atoms with E-state index in [1.807, 2.05) is 54.2 Å². The van der Waals surface area contributed by atoms with E-state index in [4.69, 9.17) is 14.2 Å². The standard InChI is InChI=1S/C28H33N3O6S/c1-17-24(16-38-28-29-12-13-31(28)4)36-27(37-25(17)21-10-8-20(15-32)9-11-21)22-6-5-7-23(14-22)30-26(34)18(2)35-19(3)33/h5-14,17-18,24-25,27,32H,15-16H2,1-4H3,(H,30,34)/t17-,18-,24+,25+,27+/m0/s1. The van der Waals surface area contributed by atoms with Gasteiger partial charge in [-0.15, -0.1) is 0 Å². The molecule has 2 N–H and O–H groups in total. The van der Waals surface area contributed by atoms with Crippen molar-refractivity contribution in [2.75, 3.05) is 11.1 Å². The van der Waals surface area contributed by atoms with Crippen molar-refractivity contribution >= 4 is 29.3 Å². The van der Waals surface area contributed by atoms with Gasteiger partial charge in [0.15, 0.2) is 17.6 Å². The molecule has 202 valence electrons. The number of ether oxygens (including phenoxy) is 3. The van der Waals surface area contributed by atoms with Crippen molar-refractivity contribution in [1.29, 1.82) is 0 Å². The molecule has 0 unspecified atom stereocenters. The molecule has 1 aliphatic rings. The Morgan fingerprint density at radius 2 is 1.95 bits per heavy atom. The highest BCUT2D eigenvalue weighted by Gasteiger charge is 2.38. The smallest absolute Gasteiger partial charge is 0.303 e. The van der Waals surface area contributed by atoms with Crippen LogP contribution in [0, 0.1) is 5.92 Å². The van der Waals surface area contributed by atoms with E-state index in [9.17, 15) is 14.7 Å². The molecular weight excluding hydrogens is 506 g/mol. The third-order valence-corrected chi connectivity index (χ3v) is 7.56. The molecule has 1 amide bonds. The van der Waals surface area contributed by atoms with Crippen molar-refractivity contribution in [2.24, 2.45) is 13.0 Å². The quantitative estimate of drug-likeness (QED) is 0.304. The lowest BCUT2D eigenvalue weighted by atomic mass is 9.91. The van der Waals surface area contributed by atoms with E-state index in [2.05, 4.69) is 17.2 Å². The summed E-state index contributed by atoms with van der Waals surface area (Å²) < 4.78 is 19.9. The second-order valence-corrected chi connectivity index (χ2v) is 10.3. The molecule has 3 aromatic rings. The minimum absolute atomic E-state index is 0.0232. The summed E-state index contributed by atoms with van der Waals surface area (Å²) in [6.07, 6.45) is 1.68. The number of hydrogen-bond acceptors (Lipinski definition) is 8. The predicted octanol–water partition coefficient (Wildman–Crippen LogP) is 4.39. The summed E-state index contributed by atoms with van der Waals surface area (Å²) in [5.41, 5.74) is 3.12. The number of hydrogen-bond donors (Lipinski definition) is 2. The Balaban J connectivity index is 1.56. The summed E-state index contributed by atoms with van der Waals surface area (Å²) in [7, 11) is 1.96. The number of carbonyl (C=O) groups is 2. The fraction of sp³-hybridized carbons (Fsp3) is 0.393. The van der Waals surface area contributed by atoms with Crippen LogP contribution in [0.5, 0.6) is 0 Å². The van der Waals surface area contributed by atoms with E-state index in [-0.39, 0.29) is 24.7 Å². The van der Waals surface area contributed by atoms with E-state index in [0.717, 1.165) is 21.8 Å². The molecule has 0 bridgehead atoms. The van der Waals surface area contributed by atoms with E-state index in [0.29, 0.717) is 11.4 Å². The van der Waals surface area contributed by atoms with Crippen LogP contribution in [0.15, 0.2) is 66.1 Å². The Morgan fingerprint density at radius 3 is 2.61 bits per heavy atom. The first-order valence-corrected chi connectivity index (χ1v) is 13.4. The summed E-state index contributed by atoms with van der Waals surface area (Å²) >= 11 is 1.62. The summed E-state index contributed by atoms with van der Waals surface area (Å²) in [5, 5.41) is 13.1. The number of benzene rings is 2. The lowest BCUT2D eigenvalue weighted by molar-refractivity contribution is -0.268. The molecule has 0 spiro atoms. The number of carbonyl (C=O) groups excluding carboxylic acids is 2. The van der Waals surface area contributed by atoms with Crippen molar-refractivity contribution in [3.63, 3.8) is 0 Å². The molecule has 0 aliphatic carbocycles. The predicted molar refractivity (Wildman–Crippen MR) is 143 cm³/mol. The second-order valence-electron chi connectivity index (χ2n) is 9.32. The molecule has 1 saturated heterocycles. The van der Waals surface area contributed by atoms with Crippen LogP contribution in [0.3, 0.4) is 0 Å². The zero-order valence-corrected chi connectivity index (χ0v) is 22.7. The maximum atomic E-state index is 12.5. The van der Waals surface area contributed by atoms with Crippen LogP contribution in [0.25, 0.3) is 0 Å². The third kappa shape index (κ3) is 6.82. The minimum atomic E-state index is -0.919. The fourth-order valence-corrected chi connectivity index (χ4v) is 5.36. The Morgan fingerprint density at radius 1 is 1.18 bits per heavy atom. The van der Waals surface area contributed by atoms with Crippen molar-refractivity contribution in [1.82, 2.24) is 9.55 Å². The van der Waals surface area contributed by atoms with Crippen LogP contribution in [-0.4, -0.2) is 44.5 Å². The number of rotatable bonds is 9. The van der Waals surface area contributed by atoms with Gasteiger partial charge < -0.3 is 29.2 Å². The molecule has 2 aromatic carbocycles. The van der Waals surface area contributed by atoms with Crippen molar-refractivity contribution in [2.45, 2.75) is 57.1 Å². The highest BCUT2D eigenvalue weighted by molar-refractivity contribution is 7.99. The zero-order chi connectivity index (χ0) is 27.2. The van der Waals surface area contributed by atoms with Crippen LogP contribution in [0.2, 0.25) is 0 Å². The number of esters is 1. The molecule has 38 heavy (non-hydrogen) atoms. The molecule has 1 aromatic heterocycles. The number of imidazole rings is 1. The first-order chi connectivity index (χ1) is 18.2. The molecule has 10 heteroatoms. The Labute approximate surface area is 226 Å². The number of aliphatic hydroxyl groups is 1. The molecule has 5 atom stereocenters. The molecule has 1 aliphatic heterocycles. The van der Waals surface area contributed by atoms with Gasteiger partial charge in [-0.25, -0.2) is 4.98 Å². The van der Waals surface area contributed by atoms with Crippen molar-refractivity contribution in [3.8, 4) is 0 Å². The van der Waals surface area contributed by atoms with Crippen LogP contribution in [-0.2, 0) is 37.5 Å². The molecule has 0 saturated carbocycles. The molecule has 9 nitrogen and oxygen atoms in total. The number of aromatic nitrogens is 2. The van der Waals surface area contributed by atoms with E-state index in [1.165, 1.54) is 13.8 Å².